The normalized spacial score (nSPS) is 15.6. The molecule has 0 bridgehead atoms. The molecule has 156 valence electrons. The molecular formula is C21H24BrFN2O4. The molecule has 29 heavy (non-hydrogen) atoms. The molecule has 1 saturated heterocycles. The summed E-state index contributed by atoms with van der Waals surface area (Å²) >= 11 is 3.40. The van der Waals surface area contributed by atoms with Crippen molar-refractivity contribution in [1.82, 2.24) is 10.2 Å². The van der Waals surface area contributed by atoms with Crippen LogP contribution in [0.25, 0.3) is 0 Å². The molecule has 2 aromatic carbocycles. The highest BCUT2D eigenvalue weighted by Gasteiger charge is 2.24. The van der Waals surface area contributed by atoms with Gasteiger partial charge >= 0.3 is 0 Å². The van der Waals surface area contributed by atoms with E-state index >= 15 is 0 Å². The van der Waals surface area contributed by atoms with E-state index in [9.17, 15) is 9.18 Å². The molecule has 1 aliphatic heterocycles. The molecule has 2 aromatic rings. The zero-order chi connectivity index (χ0) is 20.8. The maximum absolute atomic E-state index is 13.4. The fraction of sp³-hybridized carbons (Fsp3) is 0.381. The van der Waals surface area contributed by atoms with E-state index in [4.69, 9.17) is 14.2 Å². The first-order valence-electron chi connectivity index (χ1n) is 9.30. The van der Waals surface area contributed by atoms with Crippen molar-refractivity contribution in [3.05, 3.63) is 57.8 Å². The Balaban J connectivity index is 1.78. The number of carbonyl (C=O) groups is 1. The molecule has 1 heterocycles. The molecule has 8 heteroatoms. The minimum absolute atomic E-state index is 0.0808. The van der Waals surface area contributed by atoms with E-state index in [1.165, 1.54) is 26.4 Å². The van der Waals surface area contributed by atoms with Gasteiger partial charge in [0, 0.05) is 25.2 Å². The Morgan fingerprint density at radius 3 is 2.31 bits per heavy atom. The lowest BCUT2D eigenvalue weighted by Crippen LogP contribution is -2.43. The maximum Gasteiger partial charge on any atom is 0.251 e. The molecule has 0 aromatic heterocycles. The molecule has 0 radical (unpaired) electrons. The first kappa shape index (κ1) is 21.5. The van der Waals surface area contributed by atoms with E-state index in [1.54, 1.807) is 24.3 Å². The Morgan fingerprint density at radius 2 is 1.76 bits per heavy atom. The molecule has 1 unspecified atom stereocenters. The van der Waals surface area contributed by atoms with Gasteiger partial charge in [-0.25, -0.2) is 4.39 Å². The minimum Gasteiger partial charge on any atom is -0.495 e. The summed E-state index contributed by atoms with van der Waals surface area (Å²) in [6, 6.07) is 9.63. The zero-order valence-corrected chi connectivity index (χ0v) is 18.0. The molecule has 1 N–H and O–H groups in total. The molecule has 3 rings (SSSR count). The number of amides is 1. The number of methoxy groups -OCH3 is 2. The molecule has 0 spiro atoms. The summed E-state index contributed by atoms with van der Waals surface area (Å²) in [6.45, 7) is 3.14. The van der Waals surface area contributed by atoms with Crippen molar-refractivity contribution in [3.63, 3.8) is 0 Å². The van der Waals surface area contributed by atoms with Crippen molar-refractivity contribution in [1.29, 1.82) is 0 Å². The van der Waals surface area contributed by atoms with Crippen molar-refractivity contribution in [2.45, 2.75) is 6.04 Å². The number of ether oxygens (including phenoxy) is 3. The fourth-order valence-corrected chi connectivity index (χ4v) is 3.88. The Hall–Kier alpha value is -2.16. The molecule has 1 fully saturated rings. The maximum atomic E-state index is 13.4. The highest BCUT2D eigenvalue weighted by molar-refractivity contribution is 9.10. The number of hydrogen-bond acceptors (Lipinski definition) is 5. The van der Waals surface area contributed by atoms with Gasteiger partial charge in [0.05, 0.1) is 33.5 Å². The van der Waals surface area contributed by atoms with E-state index in [0.717, 1.165) is 18.7 Å². The second kappa shape index (κ2) is 10.0. The summed E-state index contributed by atoms with van der Waals surface area (Å²) in [5.74, 6) is 0.498. The summed E-state index contributed by atoms with van der Waals surface area (Å²) in [5.41, 5.74) is 1.38. The van der Waals surface area contributed by atoms with Crippen LogP contribution < -0.4 is 14.8 Å². The first-order chi connectivity index (χ1) is 14.0. The SMILES string of the molecule is COc1cc(C(=O)NCC(c2ccc(F)cc2)N2CCOCC2)cc(OC)c1Br. The van der Waals surface area contributed by atoms with Gasteiger partial charge in [-0.3, -0.25) is 9.69 Å². The fourth-order valence-electron chi connectivity index (χ4n) is 3.32. The number of morpholine rings is 1. The van der Waals surface area contributed by atoms with Crippen LogP contribution in [0.5, 0.6) is 11.5 Å². The lowest BCUT2D eigenvalue weighted by atomic mass is 10.0. The largest absolute Gasteiger partial charge is 0.495 e. The summed E-state index contributed by atoms with van der Waals surface area (Å²) in [6.07, 6.45) is 0. The van der Waals surface area contributed by atoms with Crippen LogP contribution >= 0.6 is 15.9 Å². The molecule has 0 saturated carbocycles. The van der Waals surface area contributed by atoms with E-state index < -0.39 is 0 Å². The molecule has 1 amide bonds. The average Bonchev–Trinajstić information content (AvgIpc) is 2.75. The van der Waals surface area contributed by atoms with Crippen LogP contribution in [-0.4, -0.2) is 57.9 Å². The quantitative estimate of drug-likeness (QED) is 0.677. The van der Waals surface area contributed by atoms with E-state index in [2.05, 4.69) is 26.1 Å². The van der Waals surface area contributed by atoms with E-state index in [0.29, 0.717) is 41.3 Å². The van der Waals surface area contributed by atoms with E-state index in [-0.39, 0.29) is 17.8 Å². The van der Waals surface area contributed by atoms with Crippen LogP contribution in [0.4, 0.5) is 4.39 Å². The number of rotatable bonds is 7. The van der Waals surface area contributed by atoms with Gasteiger partial charge in [-0.05, 0) is 45.8 Å². The number of nitrogens with one attached hydrogen (secondary N) is 1. The lowest BCUT2D eigenvalue weighted by molar-refractivity contribution is 0.0162. The smallest absolute Gasteiger partial charge is 0.251 e. The van der Waals surface area contributed by atoms with Crippen LogP contribution in [0.15, 0.2) is 40.9 Å². The minimum atomic E-state index is -0.285. The Kier molecular flexibility index (Phi) is 7.46. The van der Waals surface area contributed by atoms with Gasteiger partial charge in [0.2, 0.25) is 0 Å². The lowest BCUT2D eigenvalue weighted by Gasteiger charge is -2.35. The summed E-state index contributed by atoms with van der Waals surface area (Å²) in [5, 5.41) is 2.99. The number of nitrogens with zero attached hydrogens (tertiary/aromatic N) is 1. The molecule has 1 atom stereocenters. The zero-order valence-electron chi connectivity index (χ0n) is 16.4. The van der Waals surface area contributed by atoms with Gasteiger partial charge in [-0.15, -0.1) is 0 Å². The van der Waals surface area contributed by atoms with Gasteiger partial charge in [0.1, 0.15) is 21.8 Å². The third-order valence-electron chi connectivity index (χ3n) is 4.91. The third-order valence-corrected chi connectivity index (χ3v) is 5.69. The van der Waals surface area contributed by atoms with Crippen molar-refractivity contribution >= 4 is 21.8 Å². The Bertz CT molecular complexity index is 816. The standard InChI is InChI=1S/C21H24BrFN2O4/c1-27-18-11-15(12-19(28-2)20(18)22)21(26)24-13-17(25-7-9-29-10-8-25)14-3-5-16(23)6-4-14/h3-6,11-12,17H,7-10,13H2,1-2H3,(H,24,26). The summed E-state index contributed by atoms with van der Waals surface area (Å²) < 4.78 is 30.1. The van der Waals surface area contributed by atoms with Crippen LogP contribution in [-0.2, 0) is 4.74 Å². The predicted molar refractivity (Wildman–Crippen MR) is 111 cm³/mol. The van der Waals surface area contributed by atoms with Gasteiger partial charge in [0.25, 0.3) is 5.91 Å². The molecule has 1 aliphatic rings. The van der Waals surface area contributed by atoms with Gasteiger partial charge < -0.3 is 19.5 Å². The summed E-state index contributed by atoms with van der Waals surface area (Å²) in [4.78, 5) is 15.1. The first-order valence-corrected chi connectivity index (χ1v) is 10.1. The third kappa shape index (κ3) is 5.26. The van der Waals surface area contributed by atoms with Crippen LogP contribution in [0.2, 0.25) is 0 Å². The van der Waals surface area contributed by atoms with Crippen LogP contribution in [0, 0.1) is 5.82 Å². The monoisotopic (exact) mass is 466 g/mol. The predicted octanol–water partition coefficient (Wildman–Crippen LogP) is 3.41. The molecule has 6 nitrogen and oxygen atoms in total. The second-order valence-electron chi connectivity index (χ2n) is 6.62. The highest BCUT2D eigenvalue weighted by Crippen LogP contribution is 2.35. The topological polar surface area (TPSA) is 60.0 Å². The average molecular weight is 467 g/mol. The number of hydrogen-bond donors (Lipinski definition) is 1. The van der Waals surface area contributed by atoms with Gasteiger partial charge in [-0.1, -0.05) is 12.1 Å². The van der Waals surface area contributed by atoms with Crippen LogP contribution in [0.3, 0.4) is 0 Å². The van der Waals surface area contributed by atoms with Crippen LogP contribution in [0.1, 0.15) is 22.0 Å². The van der Waals surface area contributed by atoms with Crippen molar-refractivity contribution in [2.75, 3.05) is 47.1 Å². The number of carbonyl (C=O) groups excluding carboxylic acids is 1. The van der Waals surface area contributed by atoms with Gasteiger partial charge in [-0.2, -0.15) is 0 Å². The highest BCUT2D eigenvalue weighted by atomic mass is 79.9. The summed E-state index contributed by atoms with van der Waals surface area (Å²) in [7, 11) is 3.06. The molecule has 0 aliphatic carbocycles. The van der Waals surface area contributed by atoms with Gasteiger partial charge in [0.15, 0.2) is 0 Å². The van der Waals surface area contributed by atoms with Crippen molar-refractivity contribution in [2.24, 2.45) is 0 Å². The van der Waals surface area contributed by atoms with Crippen molar-refractivity contribution in [3.8, 4) is 11.5 Å². The Morgan fingerprint density at radius 1 is 1.17 bits per heavy atom. The number of halogens is 2. The van der Waals surface area contributed by atoms with Crippen molar-refractivity contribution < 1.29 is 23.4 Å². The molecular weight excluding hydrogens is 443 g/mol. The van der Waals surface area contributed by atoms with E-state index in [1.807, 2.05) is 0 Å². The number of benzene rings is 2. The Labute approximate surface area is 178 Å². The second-order valence-corrected chi connectivity index (χ2v) is 7.41.